The van der Waals surface area contributed by atoms with E-state index in [0.717, 1.165) is 32.4 Å². The Hall–Kier alpha value is -0.130. The van der Waals surface area contributed by atoms with Gasteiger partial charge in [0.2, 0.25) is 0 Å². The molecule has 0 aromatic carbocycles. The van der Waals surface area contributed by atoms with Gasteiger partial charge >= 0.3 is 0 Å². The van der Waals surface area contributed by atoms with Gasteiger partial charge in [-0.3, -0.25) is 4.90 Å². The van der Waals surface area contributed by atoms with E-state index in [1.807, 2.05) is 0 Å². The standard InChI is InChI=1S/C10H20N2O2S/c1-2-4-10(11)7-12(8-10)9-3-5-15(13,14)6-9/h9H,2-8,11H2,1H3. The van der Waals surface area contributed by atoms with E-state index in [0.29, 0.717) is 11.5 Å². The van der Waals surface area contributed by atoms with Crippen LogP contribution in [0.15, 0.2) is 0 Å². The number of sulfone groups is 1. The van der Waals surface area contributed by atoms with Crippen LogP contribution in [-0.2, 0) is 9.84 Å². The molecule has 2 N–H and O–H groups in total. The van der Waals surface area contributed by atoms with Crippen molar-refractivity contribution in [2.75, 3.05) is 24.6 Å². The molecule has 0 aromatic heterocycles. The Labute approximate surface area is 91.7 Å². The molecule has 1 atom stereocenters. The number of likely N-dealkylation sites (tertiary alicyclic amines) is 1. The molecule has 0 saturated carbocycles. The first-order chi connectivity index (χ1) is 6.94. The molecule has 2 saturated heterocycles. The fourth-order valence-corrected chi connectivity index (χ4v) is 4.50. The van der Waals surface area contributed by atoms with Gasteiger partial charge in [0.05, 0.1) is 11.5 Å². The van der Waals surface area contributed by atoms with Gasteiger partial charge in [0.15, 0.2) is 9.84 Å². The zero-order valence-corrected chi connectivity index (χ0v) is 10.1. The van der Waals surface area contributed by atoms with Crippen molar-refractivity contribution >= 4 is 9.84 Å². The Morgan fingerprint density at radius 3 is 2.60 bits per heavy atom. The average molecular weight is 232 g/mol. The van der Waals surface area contributed by atoms with Crippen molar-refractivity contribution in [1.82, 2.24) is 4.90 Å². The van der Waals surface area contributed by atoms with E-state index in [9.17, 15) is 8.42 Å². The molecule has 15 heavy (non-hydrogen) atoms. The van der Waals surface area contributed by atoms with Crippen LogP contribution >= 0.6 is 0 Å². The van der Waals surface area contributed by atoms with Crippen LogP contribution in [0.1, 0.15) is 26.2 Å². The minimum Gasteiger partial charge on any atom is -0.323 e. The van der Waals surface area contributed by atoms with Crippen LogP contribution < -0.4 is 5.73 Å². The summed E-state index contributed by atoms with van der Waals surface area (Å²) in [6, 6.07) is 0.239. The number of nitrogens with zero attached hydrogens (tertiary/aromatic N) is 1. The molecule has 2 heterocycles. The Morgan fingerprint density at radius 2 is 2.13 bits per heavy atom. The van der Waals surface area contributed by atoms with Crippen molar-refractivity contribution in [2.24, 2.45) is 5.73 Å². The van der Waals surface area contributed by atoms with Crippen molar-refractivity contribution in [2.45, 2.75) is 37.8 Å². The Kier molecular flexibility index (Phi) is 2.81. The zero-order chi connectivity index (χ0) is 11.1. The second-order valence-corrected chi connectivity index (χ2v) is 7.30. The van der Waals surface area contributed by atoms with Crippen molar-refractivity contribution in [3.8, 4) is 0 Å². The van der Waals surface area contributed by atoms with Gasteiger partial charge in [-0.15, -0.1) is 0 Å². The third kappa shape index (κ3) is 2.34. The van der Waals surface area contributed by atoms with E-state index >= 15 is 0 Å². The van der Waals surface area contributed by atoms with Gasteiger partial charge in [0.1, 0.15) is 0 Å². The molecule has 0 aliphatic carbocycles. The molecule has 0 spiro atoms. The van der Waals surface area contributed by atoms with Crippen LogP contribution in [0.2, 0.25) is 0 Å². The molecular weight excluding hydrogens is 212 g/mol. The van der Waals surface area contributed by atoms with Gasteiger partial charge < -0.3 is 5.73 Å². The fraction of sp³-hybridized carbons (Fsp3) is 1.00. The lowest BCUT2D eigenvalue weighted by molar-refractivity contribution is 0.0325. The Morgan fingerprint density at radius 1 is 1.47 bits per heavy atom. The quantitative estimate of drug-likeness (QED) is 0.743. The van der Waals surface area contributed by atoms with Gasteiger partial charge in [-0.05, 0) is 12.8 Å². The first kappa shape index (κ1) is 11.4. The fourth-order valence-electron chi connectivity index (χ4n) is 2.74. The highest BCUT2D eigenvalue weighted by atomic mass is 32.2. The van der Waals surface area contributed by atoms with Gasteiger partial charge in [0.25, 0.3) is 0 Å². The van der Waals surface area contributed by atoms with Gasteiger partial charge in [-0.1, -0.05) is 13.3 Å². The first-order valence-corrected chi connectivity index (χ1v) is 7.50. The number of hydrogen-bond acceptors (Lipinski definition) is 4. The molecule has 2 rings (SSSR count). The predicted molar refractivity (Wildman–Crippen MR) is 60.5 cm³/mol. The topological polar surface area (TPSA) is 63.4 Å². The van der Waals surface area contributed by atoms with E-state index in [-0.39, 0.29) is 11.6 Å². The summed E-state index contributed by atoms with van der Waals surface area (Å²) < 4.78 is 22.6. The molecule has 88 valence electrons. The summed E-state index contributed by atoms with van der Waals surface area (Å²) in [4.78, 5) is 2.24. The molecule has 0 bridgehead atoms. The highest BCUT2D eigenvalue weighted by Crippen LogP contribution is 2.29. The van der Waals surface area contributed by atoms with Gasteiger partial charge in [-0.25, -0.2) is 8.42 Å². The summed E-state index contributed by atoms with van der Waals surface area (Å²) in [6.07, 6.45) is 2.95. The molecule has 2 aliphatic rings. The lowest BCUT2D eigenvalue weighted by atomic mass is 9.85. The maximum atomic E-state index is 11.3. The monoisotopic (exact) mass is 232 g/mol. The average Bonchev–Trinajstić information content (AvgIpc) is 2.42. The lowest BCUT2D eigenvalue weighted by Gasteiger charge is -2.50. The van der Waals surface area contributed by atoms with Crippen molar-refractivity contribution in [3.05, 3.63) is 0 Å². The molecule has 4 nitrogen and oxygen atoms in total. The molecule has 2 aliphatic heterocycles. The van der Waals surface area contributed by atoms with Crippen LogP contribution in [-0.4, -0.2) is 49.5 Å². The minimum atomic E-state index is -2.75. The minimum absolute atomic E-state index is 0.0406. The van der Waals surface area contributed by atoms with Crippen LogP contribution in [0, 0.1) is 0 Å². The molecule has 0 amide bonds. The Balaban J connectivity index is 1.85. The number of rotatable bonds is 3. The van der Waals surface area contributed by atoms with Gasteiger partial charge in [-0.2, -0.15) is 0 Å². The summed E-state index contributed by atoms with van der Waals surface area (Å²) in [6.45, 7) is 3.89. The second-order valence-electron chi connectivity index (χ2n) is 5.07. The molecule has 5 heteroatoms. The molecule has 2 fully saturated rings. The van der Waals surface area contributed by atoms with Gasteiger partial charge in [0, 0.05) is 24.7 Å². The smallest absolute Gasteiger partial charge is 0.151 e. The maximum Gasteiger partial charge on any atom is 0.151 e. The first-order valence-electron chi connectivity index (χ1n) is 5.67. The summed E-state index contributed by atoms with van der Waals surface area (Å²) in [7, 11) is -2.75. The largest absolute Gasteiger partial charge is 0.323 e. The Bertz CT molecular complexity index is 333. The van der Waals surface area contributed by atoms with Crippen LogP contribution in [0.3, 0.4) is 0 Å². The second kappa shape index (κ2) is 3.71. The third-order valence-corrected chi connectivity index (χ3v) is 5.26. The molecule has 0 radical (unpaired) electrons. The highest BCUT2D eigenvalue weighted by Gasteiger charge is 2.44. The van der Waals surface area contributed by atoms with E-state index in [1.165, 1.54) is 0 Å². The highest BCUT2D eigenvalue weighted by molar-refractivity contribution is 7.91. The van der Waals surface area contributed by atoms with E-state index in [2.05, 4.69) is 11.8 Å². The molecule has 0 aromatic rings. The number of hydrogen-bond donors (Lipinski definition) is 1. The molecule has 1 unspecified atom stereocenters. The lowest BCUT2D eigenvalue weighted by Crippen LogP contribution is -2.69. The summed E-state index contributed by atoms with van der Waals surface area (Å²) >= 11 is 0. The van der Waals surface area contributed by atoms with Crippen molar-refractivity contribution in [1.29, 1.82) is 0 Å². The normalized spacial score (nSPS) is 33.9. The van der Waals surface area contributed by atoms with E-state index in [4.69, 9.17) is 5.73 Å². The molecular formula is C10H20N2O2S. The third-order valence-electron chi connectivity index (χ3n) is 3.51. The predicted octanol–water partition coefficient (Wildman–Crippen LogP) is -0.0133. The summed E-state index contributed by atoms with van der Waals surface area (Å²) in [5.74, 6) is 0.703. The van der Waals surface area contributed by atoms with E-state index < -0.39 is 9.84 Å². The summed E-state index contributed by atoms with van der Waals surface area (Å²) in [5, 5.41) is 0. The number of nitrogens with two attached hydrogens (primary N) is 1. The SMILES string of the molecule is CCCC1(N)CN(C2CCS(=O)(=O)C2)C1. The summed E-state index contributed by atoms with van der Waals surface area (Å²) in [5.41, 5.74) is 6.11. The maximum absolute atomic E-state index is 11.3. The van der Waals surface area contributed by atoms with Crippen LogP contribution in [0.4, 0.5) is 0 Å². The van der Waals surface area contributed by atoms with Crippen LogP contribution in [0.5, 0.6) is 0 Å². The van der Waals surface area contributed by atoms with Crippen LogP contribution in [0.25, 0.3) is 0 Å². The zero-order valence-electron chi connectivity index (χ0n) is 9.28. The van der Waals surface area contributed by atoms with E-state index in [1.54, 1.807) is 0 Å². The van der Waals surface area contributed by atoms with Crippen molar-refractivity contribution < 1.29 is 8.42 Å². The van der Waals surface area contributed by atoms with Crippen molar-refractivity contribution in [3.63, 3.8) is 0 Å².